The molecule has 1 heterocycles. The summed E-state index contributed by atoms with van der Waals surface area (Å²) in [6.45, 7) is 4.52. The minimum atomic E-state index is 0.481. The van der Waals surface area contributed by atoms with Crippen molar-refractivity contribution in [3.63, 3.8) is 0 Å². The lowest BCUT2D eigenvalue weighted by molar-refractivity contribution is 0.218. The normalized spacial score (nSPS) is 10.6. The third kappa shape index (κ3) is 3.12. The molecule has 0 unspecified atom stereocenters. The second kappa shape index (κ2) is 5.53. The van der Waals surface area contributed by atoms with Gasteiger partial charge in [0.15, 0.2) is 5.15 Å². The Kier molecular flexibility index (Phi) is 4.65. The molecule has 0 radical (unpaired) electrons. The summed E-state index contributed by atoms with van der Waals surface area (Å²) in [5, 5.41) is 1.26. The second-order valence-electron chi connectivity index (χ2n) is 2.83. The molecule has 0 aliphatic carbocycles. The molecule has 78 valence electrons. The van der Waals surface area contributed by atoms with E-state index in [-0.39, 0.29) is 0 Å². The first-order valence-corrected chi connectivity index (χ1v) is 5.64. The number of aromatic nitrogens is 2. The third-order valence-corrected chi connectivity index (χ3v) is 3.07. The van der Waals surface area contributed by atoms with Gasteiger partial charge in [-0.1, -0.05) is 11.6 Å². The van der Waals surface area contributed by atoms with E-state index in [1.165, 1.54) is 0 Å². The van der Waals surface area contributed by atoms with Crippen molar-refractivity contribution < 1.29 is 4.74 Å². The standard InChI is InChI=1S/C9H13ClN2OS/c1-6-7(2)12-9(8(10)11-6)14-5-4-13-3/h4-5H2,1-3H3. The van der Waals surface area contributed by atoms with Gasteiger partial charge in [-0.25, -0.2) is 9.97 Å². The number of ether oxygens (including phenoxy) is 1. The fourth-order valence-electron chi connectivity index (χ4n) is 0.869. The van der Waals surface area contributed by atoms with E-state index in [0.717, 1.165) is 22.2 Å². The lowest BCUT2D eigenvalue weighted by Gasteiger charge is -2.05. The van der Waals surface area contributed by atoms with Crippen molar-refractivity contribution in [2.75, 3.05) is 19.5 Å². The molecule has 0 saturated heterocycles. The maximum Gasteiger partial charge on any atom is 0.161 e. The van der Waals surface area contributed by atoms with Gasteiger partial charge in [0.05, 0.1) is 18.0 Å². The molecule has 0 aromatic carbocycles. The first-order valence-electron chi connectivity index (χ1n) is 4.27. The first kappa shape index (κ1) is 11.8. The van der Waals surface area contributed by atoms with E-state index < -0.39 is 0 Å². The third-order valence-electron chi connectivity index (χ3n) is 1.76. The summed E-state index contributed by atoms with van der Waals surface area (Å²) in [5.41, 5.74) is 1.81. The van der Waals surface area contributed by atoms with Gasteiger partial charge in [0.2, 0.25) is 0 Å². The average molecular weight is 233 g/mol. The number of hydrogen-bond acceptors (Lipinski definition) is 4. The van der Waals surface area contributed by atoms with Crippen LogP contribution in [0.2, 0.25) is 5.15 Å². The molecular weight excluding hydrogens is 220 g/mol. The maximum atomic E-state index is 5.95. The topological polar surface area (TPSA) is 35.0 Å². The van der Waals surface area contributed by atoms with Crippen molar-refractivity contribution in [2.24, 2.45) is 0 Å². The largest absolute Gasteiger partial charge is 0.384 e. The minimum absolute atomic E-state index is 0.481. The molecule has 5 heteroatoms. The zero-order chi connectivity index (χ0) is 10.6. The van der Waals surface area contributed by atoms with Crippen LogP contribution in [0.15, 0.2) is 5.03 Å². The van der Waals surface area contributed by atoms with Crippen molar-refractivity contribution >= 4 is 23.4 Å². The Hall–Kier alpha value is -0.320. The van der Waals surface area contributed by atoms with Crippen LogP contribution in [0, 0.1) is 13.8 Å². The highest BCUT2D eigenvalue weighted by Crippen LogP contribution is 2.23. The highest BCUT2D eigenvalue weighted by molar-refractivity contribution is 7.99. The minimum Gasteiger partial charge on any atom is -0.384 e. The molecule has 3 nitrogen and oxygen atoms in total. The van der Waals surface area contributed by atoms with E-state index in [2.05, 4.69) is 9.97 Å². The zero-order valence-electron chi connectivity index (χ0n) is 8.50. The average Bonchev–Trinajstić information content (AvgIpc) is 2.14. The number of nitrogens with zero attached hydrogens (tertiary/aromatic N) is 2. The summed E-state index contributed by atoms with van der Waals surface area (Å²) in [5.74, 6) is 0.841. The molecule has 1 rings (SSSR count). The molecule has 0 N–H and O–H groups in total. The van der Waals surface area contributed by atoms with E-state index in [1.807, 2.05) is 13.8 Å². The monoisotopic (exact) mass is 232 g/mol. The van der Waals surface area contributed by atoms with E-state index in [1.54, 1.807) is 18.9 Å². The SMILES string of the molecule is COCCSc1nc(C)c(C)nc1Cl. The predicted octanol–water partition coefficient (Wildman–Crippen LogP) is 2.49. The van der Waals surface area contributed by atoms with Crippen molar-refractivity contribution in [1.82, 2.24) is 9.97 Å². The Balaban J connectivity index is 2.72. The molecular formula is C9H13ClN2OS. The molecule has 0 spiro atoms. The maximum absolute atomic E-state index is 5.95. The van der Waals surface area contributed by atoms with Crippen LogP contribution in [0.1, 0.15) is 11.4 Å². The Labute approximate surface area is 93.2 Å². The summed E-state index contributed by atoms with van der Waals surface area (Å²) < 4.78 is 4.95. The molecule has 0 bridgehead atoms. The van der Waals surface area contributed by atoms with Crippen molar-refractivity contribution in [3.8, 4) is 0 Å². The van der Waals surface area contributed by atoms with Gasteiger partial charge in [-0.05, 0) is 13.8 Å². The molecule has 0 saturated carbocycles. The van der Waals surface area contributed by atoms with Crippen molar-refractivity contribution in [3.05, 3.63) is 16.5 Å². The fourth-order valence-corrected chi connectivity index (χ4v) is 2.01. The number of hydrogen-bond donors (Lipinski definition) is 0. The summed E-state index contributed by atoms with van der Waals surface area (Å²) >= 11 is 7.51. The molecule has 0 amide bonds. The number of halogens is 1. The molecule has 0 aliphatic heterocycles. The first-order chi connectivity index (χ1) is 6.65. The van der Waals surface area contributed by atoms with E-state index in [0.29, 0.717) is 11.8 Å². The van der Waals surface area contributed by atoms with Gasteiger partial charge >= 0.3 is 0 Å². The summed E-state index contributed by atoms with van der Waals surface area (Å²) in [4.78, 5) is 8.55. The molecule has 0 fully saturated rings. The van der Waals surface area contributed by atoms with Crippen LogP contribution >= 0.6 is 23.4 Å². The Bertz CT molecular complexity index is 320. The smallest absolute Gasteiger partial charge is 0.161 e. The van der Waals surface area contributed by atoms with Gasteiger partial charge in [-0.3, -0.25) is 0 Å². The lowest BCUT2D eigenvalue weighted by atomic mass is 10.4. The van der Waals surface area contributed by atoms with E-state index in [9.17, 15) is 0 Å². The highest BCUT2D eigenvalue weighted by Gasteiger charge is 2.06. The molecule has 14 heavy (non-hydrogen) atoms. The highest BCUT2D eigenvalue weighted by atomic mass is 35.5. The van der Waals surface area contributed by atoms with Gasteiger partial charge in [-0.15, -0.1) is 11.8 Å². The summed E-state index contributed by atoms with van der Waals surface area (Å²) in [6.07, 6.45) is 0. The van der Waals surface area contributed by atoms with Gasteiger partial charge in [0.25, 0.3) is 0 Å². The van der Waals surface area contributed by atoms with Crippen LogP contribution in [0.3, 0.4) is 0 Å². The summed E-state index contributed by atoms with van der Waals surface area (Å²) in [6, 6.07) is 0. The van der Waals surface area contributed by atoms with Crippen molar-refractivity contribution in [2.45, 2.75) is 18.9 Å². The Morgan fingerprint density at radius 3 is 2.57 bits per heavy atom. The van der Waals surface area contributed by atoms with Gasteiger partial charge < -0.3 is 4.74 Å². The Morgan fingerprint density at radius 1 is 1.29 bits per heavy atom. The second-order valence-corrected chi connectivity index (χ2v) is 4.27. The molecule has 0 aliphatic rings. The zero-order valence-corrected chi connectivity index (χ0v) is 10.1. The van der Waals surface area contributed by atoms with Gasteiger partial charge in [0, 0.05) is 12.9 Å². The van der Waals surface area contributed by atoms with Crippen LogP contribution in [0.5, 0.6) is 0 Å². The van der Waals surface area contributed by atoms with Gasteiger partial charge in [0.1, 0.15) is 5.03 Å². The van der Waals surface area contributed by atoms with Gasteiger partial charge in [-0.2, -0.15) is 0 Å². The van der Waals surface area contributed by atoms with Crippen LogP contribution in [-0.2, 0) is 4.74 Å². The van der Waals surface area contributed by atoms with Crippen molar-refractivity contribution in [1.29, 1.82) is 0 Å². The fraction of sp³-hybridized carbons (Fsp3) is 0.556. The predicted molar refractivity (Wildman–Crippen MR) is 59.1 cm³/mol. The number of methoxy groups -OCH3 is 1. The van der Waals surface area contributed by atoms with Crippen LogP contribution in [0.25, 0.3) is 0 Å². The Morgan fingerprint density at radius 2 is 1.93 bits per heavy atom. The van der Waals surface area contributed by atoms with Crippen LogP contribution in [0.4, 0.5) is 0 Å². The quantitative estimate of drug-likeness (QED) is 0.590. The number of thioether (sulfide) groups is 1. The summed E-state index contributed by atoms with van der Waals surface area (Å²) in [7, 11) is 1.67. The van der Waals surface area contributed by atoms with E-state index in [4.69, 9.17) is 16.3 Å². The van der Waals surface area contributed by atoms with E-state index >= 15 is 0 Å². The molecule has 1 aromatic heterocycles. The van der Waals surface area contributed by atoms with Crippen LogP contribution < -0.4 is 0 Å². The molecule has 0 atom stereocenters. The number of rotatable bonds is 4. The number of aryl methyl sites for hydroxylation is 2. The molecule has 1 aromatic rings. The lowest BCUT2D eigenvalue weighted by Crippen LogP contribution is -1.97. The van der Waals surface area contributed by atoms with Crippen LogP contribution in [-0.4, -0.2) is 29.4 Å².